The number of hydrogen-bond acceptors (Lipinski definition) is 11. The molecule has 0 aliphatic heterocycles. The number of aromatic amines is 1. The lowest BCUT2D eigenvalue weighted by atomic mass is 9.78. The van der Waals surface area contributed by atoms with Gasteiger partial charge in [0.15, 0.2) is 11.2 Å². The molecule has 4 aliphatic carbocycles. The summed E-state index contributed by atoms with van der Waals surface area (Å²) in [6.07, 6.45) is 1.03. The molecule has 0 fully saturated rings. The van der Waals surface area contributed by atoms with E-state index in [0.29, 0.717) is 5.56 Å². The Balaban J connectivity index is 1.81. The van der Waals surface area contributed by atoms with E-state index in [1.165, 1.54) is 12.1 Å². The molecule has 12 nitrogen and oxygen atoms in total. The van der Waals surface area contributed by atoms with Crippen LogP contribution in [0, 0.1) is 10.4 Å². The number of aromatic nitrogens is 1. The van der Waals surface area contributed by atoms with Gasteiger partial charge in [-0.05, 0) is 29.9 Å². The molecule has 1 heterocycles. The third-order valence-corrected chi connectivity index (χ3v) is 7.47. The zero-order valence-corrected chi connectivity index (χ0v) is 19.4. The van der Waals surface area contributed by atoms with Crippen molar-refractivity contribution in [2.45, 2.75) is 18.3 Å². The van der Waals surface area contributed by atoms with Gasteiger partial charge in [-0.2, -0.15) is 0 Å². The molecule has 0 bridgehead atoms. The molecule has 2 aromatic rings. The van der Waals surface area contributed by atoms with Gasteiger partial charge >= 0.3 is 0 Å². The predicted molar refractivity (Wildman–Crippen MR) is 133 cm³/mol. The number of nitrogens with zero attached hydrogens (tertiary/aromatic N) is 1. The number of hydrogen-bond donors (Lipinski definition) is 5. The zero-order chi connectivity index (χ0) is 27.3. The van der Waals surface area contributed by atoms with E-state index in [-0.39, 0.29) is 34.9 Å². The van der Waals surface area contributed by atoms with Crippen LogP contribution in [0.2, 0.25) is 0 Å². The molecular formula is C26H16N2O10. The third kappa shape index (κ3) is 2.53. The number of methoxy groups -OCH3 is 1. The Morgan fingerprint density at radius 1 is 0.921 bits per heavy atom. The molecule has 1 aromatic carbocycles. The van der Waals surface area contributed by atoms with Crippen LogP contribution >= 0.6 is 0 Å². The van der Waals surface area contributed by atoms with E-state index in [4.69, 9.17) is 9.94 Å². The number of ether oxygens (including phenoxy) is 1. The molecule has 0 saturated carbocycles. The number of pyridine rings is 1. The van der Waals surface area contributed by atoms with Crippen LogP contribution in [0.4, 0.5) is 0 Å². The van der Waals surface area contributed by atoms with Crippen LogP contribution in [0.25, 0.3) is 22.3 Å². The molecule has 0 radical (unpaired) electrons. The first kappa shape index (κ1) is 23.2. The molecule has 38 heavy (non-hydrogen) atoms. The minimum atomic E-state index is -1.97. The Kier molecular flexibility index (Phi) is 4.50. The van der Waals surface area contributed by atoms with E-state index in [0.717, 1.165) is 19.4 Å². The van der Waals surface area contributed by atoms with E-state index in [9.17, 15) is 39.3 Å². The quantitative estimate of drug-likeness (QED) is 0.116. The first-order valence-corrected chi connectivity index (χ1v) is 11.2. The van der Waals surface area contributed by atoms with Gasteiger partial charge in [-0.1, -0.05) is 11.2 Å². The summed E-state index contributed by atoms with van der Waals surface area (Å²) in [5, 5.41) is 43.0. The van der Waals surface area contributed by atoms with E-state index in [1.54, 1.807) is 0 Å². The maximum atomic E-state index is 13.5. The maximum Gasteiger partial charge on any atom is 0.260 e. The number of phenolic OH excluding ortho intramolecular Hbond substituents is 1. The van der Waals surface area contributed by atoms with Gasteiger partial charge in [0, 0.05) is 11.6 Å². The Hall–Kier alpha value is -5.26. The summed E-state index contributed by atoms with van der Waals surface area (Å²) in [7, 11) is 1.11. The molecular weight excluding hydrogens is 500 g/mol. The predicted octanol–water partition coefficient (Wildman–Crippen LogP) is -1.68. The van der Waals surface area contributed by atoms with Crippen LogP contribution in [0.3, 0.4) is 0 Å². The molecule has 1 aromatic heterocycles. The normalized spacial score (nSPS) is 18.2. The zero-order valence-electron chi connectivity index (χ0n) is 19.4. The lowest BCUT2D eigenvalue weighted by Gasteiger charge is -2.27. The number of aliphatic hydroxyl groups excluding tert-OH is 2. The SMILES string of the molecule is COc1cc(=O)c2c(=O)c3c(c(=O)c=2c1=O)=C(O)[C@]1(CCc2cc4cc(/C=N/O)[nH]c(=O)c4c(O)c21)C=3O. The van der Waals surface area contributed by atoms with Crippen molar-refractivity contribution < 1.29 is 25.3 Å². The topological polar surface area (TPSA) is 204 Å². The van der Waals surface area contributed by atoms with Crippen LogP contribution in [0.5, 0.6) is 11.5 Å². The molecule has 0 saturated heterocycles. The number of H-pyrrole nitrogens is 1. The second-order valence-corrected chi connectivity index (χ2v) is 9.19. The minimum Gasteiger partial charge on any atom is -0.510 e. The molecule has 1 atom stereocenters. The number of fused-ring (bicyclic) bond motifs is 4. The highest BCUT2D eigenvalue weighted by Crippen LogP contribution is 2.54. The number of oxime groups is 1. The van der Waals surface area contributed by atoms with Crippen LogP contribution in [-0.4, -0.2) is 38.8 Å². The average Bonchev–Trinajstić information content (AvgIpc) is 3.36. The summed E-state index contributed by atoms with van der Waals surface area (Å²) in [5.41, 5.74) is -6.54. The van der Waals surface area contributed by atoms with Crippen molar-refractivity contribution in [3.05, 3.63) is 107 Å². The highest BCUT2D eigenvalue weighted by Gasteiger charge is 2.53. The fourth-order valence-corrected chi connectivity index (χ4v) is 5.90. The van der Waals surface area contributed by atoms with Gasteiger partial charge in [0.1, 0.15) is 22.7 Å². The van der Waals surface area contributed by atoms with Crippen molar-refractivity contribution in [1.82, 2.24) is 4.98 Å². The van der Waals surface area contributed by atoms with Crippen LogP contribution in [0.15, 0.2) is 47.3 Å². The number of rotatable bonds is 2. The summed E-state index contributed by atoms with van der Waals surface area (Å²) in [5.74, 6) is -2.61. The Morgan fingerprint density at radius 3 is 2.21 bits per heavy atom. The number of aryl methyl sites for hydroxylation is 1. The average molecular weight is 516 g/mol. The molecule has 0 unspecified atom stereocenters. The summed E-state index contributed by atoms with van der Waals surface area (Å²) >= 11 is 0. The molecule has 190 valence electrons. The largest absolute Gasteiger partial charge is 0.510 e. The van der Waals surface area contributed by atoms with Gasteiger partial charge in [0.05, 0.1) is 45.3 Å². The third-order valence-electron chi connectivity index (χ3n) is 7.47. The summed E-state index contributed by atoms with van der Waals surface area (Å²) in [6.45, 7) is 0. The van der Waals surface area contributed by atoms with Gasteiger partial charge in [0.25, 0.3) is 5.56 Å². The monoisotopic (exact) mass is 516 g/mol. The van der Waals surface area contributed by atoms with Crippen molar-refractivity contribution in [3.8, 4) is 11.5 Å². The molecule has 5 N–H and O–H groups in total. The van der Waals surface area contributed by atoms with Gasteiger partial charge in [0.2, 0.25) is 16.3 Å². The smallest absolute Gasteiger partial charge is 0.260 e. The maximum absolute atomic E-state index is 13.5. The van der Waals surface area contributed by atoms with Gasteiger partial charge in [-0.15, -0.1) is 0 Å². The van der Waals surface area contributed by atoms with Crippen molar-refractivity contribution >= 4 is 28.5 Å². The van der Waals surface area contributed by atoms with Gasteiger partial charge in [-0.25, -0.2) is 0 Å². The van der Waals surface area contributed by atoms with E-state index < -0.39 is 76.6 Å². The van der Waals surface area contributed by atoms with E-state index in [2.05, 4.69) is 10.1 Å². The van der Waals surface area contributed by atoms with Crippen LogP contribution in [-0.2, 0) is 11.8 Å². The first-order chi connectivity index (χ1) is 18.1. The molecule has 1 spiro atoms. The van der Waals surface area contributed by atoms with Crippen LogP contribution in [0.1, 0.15) is 23.2 Å². The van der Waals surface area contributed by atoms with E-state index >= 15 is 0 Å². The molecule has 6 rings (SSSR count). The Bertz CT molecular complexity index is 2280. The number of aromatic hydroxyl groups is 1. The lowest BCUT2D eigenvalue weighted by Crippen LogP contribution is -2.51. The van der Waals surface area contributed by atoms with Crippen LogP contribution < -0.4 is 42.4 Å². The van der Waals surface area contributed by atoms with Crippen molar-refractivity contribution in [3.63, 3.8) is 0 Å². The molecule has 4 aliphatic rings. The molecule has 12 heteroatoms. The number of aliphatic hydroxyl groups is 2. The number of nitrogens with one attached hydrogen (secondary N) is 1. The van der Waals surface area contributed by atoms with Crippen molar-refractivity contribution in [2.75, 3.05) is 7.11 Å². The highest BCUT2D eigenvalue weighted by molar-refractivity contribution is 5.96. The number of benzene rings is 1. The first-order valence-electron chi connectivity index (χ1n) is 11.2. The summed E-state index contributed by atoms with van der Waals surface area (Å²) < 4.78 is 4.86. The number of phenols is 1. The summed E-state index contributed by atoms with van der Waals surface area (Å²) in [6, 6.07) is 3.75. The molecule has 0 amide bonds. The van der Waals surface area contributed by atoms with Crippen molar-refractivity contribution in [1.29, 1.82) is 0 Å². The Morgan fingerprint density at radius 2 is 1.58 bits per heavy atom. The summed E-state index contributed by atoms with van der Waals surface area (Å²) in [4.78, 5) is 67.6. The lowest BCUT2D eigenvalue weighted by molar-refractivity contribution is 0.321. The second-order valence-electron chi connectivity index (χ2n) is 9.19. The van der Waals surface area contributed by atoms with Gasteiger partial charge in [-0.3, -0.25) is 24.0 Å². The Labute approximate surface area is 208 Å². The minimum absolute atomic E-state index is 0.0876. The second kappa shape index (κ2) is 7.38. The van der Waals surface area contributed by atoms with E-state index in [1.807, 2.05) is 0 Å². The van der Waals surface area contributed by atoms with Gasteiger partial charge < -0.3 is 30.2 Å². The standard InChI is InChI=1S/C26H16N2O10/c1-38-12-6-11(29)14-15(19(12)30)21(32)17-16(20(14)31)23(34)26(24(17)35)3-2-8-4-9-5-10(7-27-37)28-25(36)13(9)22(33)18(8)26/h4-7,33-35,37H,2-3H2,1H3,(H,28,36)/b27-7+/t26-/m0/s1. The fraction of sp³-hybridized carbons (Fsp3) is 0.154. The van der Waals surface area contributed by atoms with Crippen molar-refractivity contribution in [2.24, 2.45) is 5.16 Å². The highest BCUT2D eigenvalue weighted by atomic mass is 16.5. The fourth-order valence-electron chi connectivity index (χ4n) is 5.90.